The molecule has 0 saturated carbocycles. The summed E-state index contributed by atoms with van der Waals surface area (Å²) in [4.78, 5) is 40.8. The number of benzene rings is 2. The quantitative estimate of drug-likeness (QED) is 0.310. The van der Waals surface area contributed by atoms with Gasteiger partial charge in [-0.3, -0.25) is 14.4 Å². The fourth-order valence-corrected chi connectivity index (χ4v) is 4.18. The maximum atomic E-state index is 12.9. The fourth-order valence-electron chi connectivity index (χ4n) is 4.01. The second-order valence-electron chi connectivity index (χ2n) is 8.56. The van der Waals surface area contributed by atoms with Crippen LogP contribution < -0.4 is 16.2 Å². The first kappa shape index (κ1) is 23.5. The van der Waals surface area contributed by atoms with Gasteiger partial charge in [-0.2, -0.15) is 5.10 Å². The molecule has 2 aromatic carbocycles. The zero-order chi connectivity index (χ0) is 24.2. The first-order chi connectivity index (χ1) is 16.3. The van der Waals surface area contributed by atoms with Crippen LogP contribution in [0.4, 0.5) is 0 Å². The second-order valence-corrected chi connectivity index (χ2v) is 8.99. The molecule has 0 aliphatic carbocycles. The summed E-state index contributed by atoms with van der Waals surface area (Å²) in [5, 5.41) is 15.0. The van der Waals surface area contributed by atoms with Gasteiger partial charge in [0.25, 0.3) is 5.56 Å². The predicted molar refractivity (Wildman–Crippen MR) is 133 cm³/mol. The van der Waals surface area contributed by atoms with E-state index in [-0.39, 0.29) is 29.7 Å². The molecule has 0 aliphatic heterocycles. The molecular formula is C25H26ClN5O3. The summed E-state index contributed by atoms with van der Waals surface area (Å²) in [5.74, 6) is -0.707. The molecule has 2 heterocycles. The van der Waals surface area contributed by atoms with Gasteiger partial charge in [-0.15, -0.1) is 0 Å². The maximum absolute atomic E-state index is 12.9. The number of H-pyrrole nitrogens is 2. The smallest absolute Gasteiger partial charge is 0.272 e. The molecule has 4 N–H and O–H groups in total. The van der Waals surface area contributed by atoms with Crippen LogP contribution in [0.2, 0.25) is 5.02 Å². The summed E-state index contributed by atoms with van der Waals surface area (Å²) in [6.07, 6.45) is 2.48. The topological polar surface area (TPSA) is 120 Å². The number of nitrogens with one attached hydrogen (secondary N) is 4. The molecule has 0 saturated heterocycles. The van der Waals surface area contributed by atoms with Gasteiger partial charge < -0.3 is 15.6 Å². The Labute approximate surface area is 201 Å². The van der Waals surface area contributed by atoms with Crippen molar-refractivity contribution in [2.24, 2.45) is 5.92 Å². The van der Waals surface area contributed by atoms with Crippen molar-refractivity contribution in [3.05, 3.63) is 75.3 Å². The number of amides is 2. The molecule has 2 amide bonds. The Kier molecular flexibility index (Phi) is 6.98. The third kappa shape index (κ3) is 5.12. The number of rotatable bonds is 8. The monoisotopic (exact) mass is 479 g/mol. The fraction of sp³-hybridized carbons (Fsp3) is 0.280. The molecule has 0 fully saturated rings. The average molecular weight is 480 g/mol. The first-order valence-electron chi connectivity index (χ1n) is 11.1. The van der Waals surface area contributed by atoms with Crippen molar-refractivity contribution in [2.75, 3.05) is 6.54 Å². The van der Waals surface area contributed by atoms with Crippen molar-refractivity contribution in [1.29, 1.82) is 0 Å². The van der Waals surface area contributed by atoms with Gasteiger partial charge in [0.05, 0.1) is 17.5 Å². The SMILES string of the molecule is CC(C)C(NC(=O)Cc1n[nH]c(=O)c2ccccc12)C(=O)NCCc1c[nH]c2ccc(Cl)cc12. The molecule has 0 radical (unpaired) electrons. The normalized spacial score (nSPS) is 12.2. The second kappa shape index (κ2) is 10.1. The van der Waals surface area contributed by atoms with Crippen LogP contribution in [0.15, 0.2) is 53.5 Å². The molecule has 4 aromatic rings. The van der Waals surface area contributed by atoms with Crippen LogP contribution in [0, 0.1) is 5.92 Å². The lowest BCUT2D eigenvalue weighted by atomic mass is 10.0. The lowest BCUT2D eigenvalue weighted by Crippen LogP contribution is -2.50. The minimum absolute atomic E-state index is 0.0517. The summed E-state index contributed by atoms with van der Waals surface area (Å²) in [6.45, 7) is 4.17. The molecule has 0 bridgehead atoms. The van der Waals surface area contributed by atoms with Gasteiger partial charge in [-0.1, -0.05) is 43.6 Å². The first-order valence-corrected chi connectivity index (χ1v) is 11.5. The highest BCUT2D eigenvalue weighted by atomic mass is 35.5. The molecule has 0 aliphatic rings. The number of fused-ring (bicyclic) bond motifs is 2. The summed E-state index contributed by atoms with van der Waals surface area (Å²) < 4.78 is 0. The number of carbonyl (C=O) groups is 2. The highest BCUT2D eigenvalue weighted by molar-refractivity contribution is 6.31. The number of hydrogen-bond donors (Lipinski definition) is 4. The molecule has 34 heavy (non-hydrogen) atoms. The van der Waals surface area contributed by atoms with Gasteiger partial charge in [0.1, 0.15) is 6.04 Å². The van der Waals surface area contributed by atoms with E-state index in [0.29, 0.717) is 34.5 Å². The van der Waals surface area contributed by atoms with Gasteiger partial charge in [-0.05, 0) is 42.2 Å². The lowest BCUT2D eigenvalue weighted by molar-refractivity contribution is -0.129. The molecule has 176 valence electrons. The number of carbonyl (C=O) groups excluding carboxylic acids is 2. The Morgan fingerprint density at radius 2 is 1.85 bits per heavy atom. The van der Waals surface area contributed by atoms with E-state index in [0.717, 1.165) is 16.5 Å². The number of aromatic nitrogens is 3. The van der Waals surface area contributed by atoms with Crippen molar-refractivity contribution in [1.82, 2.24) is 25.8 Å². The molecule has 4 rings (SSSR count). The van der Waals surface area contributed by atoms with Crippen molar-refractivity contribution in [2.45, 2.75) is 32.7 Å². The zero-order valence-electron chi connectivity index (χ0n) is 18.9. The Bertz CT molecular complexity index is 1410. The molecule has 1 atom stereocenters. The number of aromatic amines is 2. The minimum Gasteiger partial charge on any atom is -0.361 e. The van der Waals surface area contributed by atoms with E-state index in [2.05, 4.69) is 25.8 Å². The minimum atomic E-state index is -0.695. The van der Waals surface area contributed by atoms with Crippen LogP contribution in [0.1, 0.15) is 25.1 Å². The number of halogens is 1. The van der Waals surface area contributed by atoms with Crippen LogP contribution >= 0.6 is 11.6 Å². The summed E-state index contributed by atoms with van der Waals surface area (Å²) >= 11 is 6.11. The van der Waals surface area contributed by atoms with Crippen molar-refractivity contribution >= 4 is 45.1 Å². The number of hydrogen-bond acceptors (Lipinski definition) is 4. The lowest BCUT2D eigenvalue weighted by Gasteiger charge is -2.21. The maximum Gasteiger partial charge on any atom is 0.272 e. The van der Waals surface area contributed by atoms with Crippen LogP contribution in [0.3, 0.4) is 0 Å². The third-order valence-electron chi connectivity index (χ3n) is 5.79. The Balaban J connectivity index is 1.38. The van der Waals surface area contributed by atoms with E-state index in [9.17, 15) is 14.4 Å². The van der Waals surface area contributed by atoms with Crippen molar-refractivity contribution in [3.63, 3.8) is 0 Å². The van der Waals surface area contributed by atoms with E-state index < -0.39 is 6.04 Å². The highest BCUT2D eigenvalue weighted by Crippen LogP contribution is 2.22. The summed E-state index contributed by atoms with van der Waals surface area (Å²) in [5.41, 5.74) is 2.19. The van der Waals surface area contributed by atoms with Crippen LogP contribution in [-0.2, 0) is 22.4 Å². The third-order valence-corrected chi connectivity index (χ3v) is 6.03. The van der Waals surface area contributed by atoms with E-state index in [1.807, 2.05) is 38.2 Å². The molecule has 2 aromatic heterocycles. The van der Waals surface area contributed by atoms with E-state index in [4.69, 9.17) is 11.6 Å². The van der Waals surface area contributed by atoms with Crippen molar-refractivity contribution < 1.29 is 9.59 Å². The zero-order valence-corrected chi connectivity index (χ0v) is 19.7. The average Bonchev–Trinajstić information content (AvgIpc) is 3.21. The molecule has 9 heteroatoms. The Morgan fingerprint density at radius 1 is 1.09 bits per heavy atom. The molecule has 1 unspecified atom stereocenters. The standard InChI is InChI=1S/C25H26ClN5O3/c1-14(2)23(25(34)27-10-9-15-13-28-20-8-7-16(26)11-19(15)20)29-22(32)12-21-17-5-3-4-6-18(17)24(33)31-30-21/h3-8,11,13-14,23,28H,9-10,12H2,1-2H3,(H,27,34)(H,29,32)(H,31,33). The number of nitrogens with zero attached hydrogens (tertiary/aromatic N) is 1. The Morgan fingerprint density at radius 3 is 2.62 bits per heavy atom. The summed E-state index contributed by atoms with van der Waals surface area (Å²) in [6, 6.07) is 11.9. The largest absolute Gasteiger partial charge is 0.361 e. The predicted octanol–water partition coefficient (Wildman–Crippen LogP) is 3.10. The van der Waals surface area contributed by atoms with Gasteiger partial charge in [0, 0.05) is 34.1 Å². The highest BCUT2D eigenvalue weighted by Gasteiger charge is 2.24. The van der Waals surface area contributed by atoms with Gasteiger partial charge in [-0.25, -0.2) is 5.10 Å². The van der Waals surface area contributed by atoms with Gasteiger partial charge >= 0.3 is 0 Å². The van der Waals surface area contributed by atoms with Gasteiger partial charge in [0.2, 0.25) is 11.8 Å². The van der Waals surface area contributed by atoms with E-state index in [1.54, 1.807) is 24.3 Å². The van der Waals surface area contributed by atoms with Crippen LogP contribution in [0.25, 0.3) is 21.7 Å². The molecular weight excluding hydrogens is 454 g/mol. The van der Waals surface area contributed by atoms with Gasteiger partial charge in [0.15, 0.2) is 0 Å². The van der Waals surface area contributed by atoms with Crippen LogP contribution in [-0.4, -0.2) is 39.6 Å². The van der Waals surface area contributed by atoms with Crippen LogP contribution in [0.5, 0.6) is 0 Å². The van der Waals surface area contributed by atoms with E-state index >= 15 is 0 Å². The summed E-state index contributed by atoms with van der Waals surface area (Å²) in [7, 11) is 0. The van der Waals surface area contributed by atoms with Crippen molar-refractivity contribution in [3.8, 4) is 0 Å². The Hall–Kier alpha value is -3.65. The van der Waals surface area contributed by atoms with E-state index in [1.165, 1.54) is 0 Å². The molecule has 0 spiro atoms. The molecule has 8 nitrogen and oxygen atoms in total.